The standard InChI is InChI=1S/C11H13ClN4O3S/c1-7-9(13)4-8(12)5-10(7)20(17,18)16-3-2-11-14-6-15-19-11/h4-6,16H,2-3,13H2,1H3. The van der Waals surface area contributed by atoms with Gasteiger partial charge in [-0.05, 0) is 24.6 Å². The minimum atomic E-state index is -3.69. The zero-order chi connectivity index (χ0) is 14.8. The Labute approximate surface area is 121 Å². The Kier molecular flexibility index (Phi) is 4.26. The number of sulfonamides is 1. The molecule has 0 saturated heterocycles. The molecule has 0 fully saturated rings. The number of hydrogen-bond acceptors (Lipinski definition) is 6. The van der Waals surface area contributed by atoms with Gasteiger partial charge in [0.05, 0.1) is 4.90 Å². The summed E-state index contributed by atoms with van der Waals surface area (Å²) in [5.74, 6) is 0.357. The van der Waals surface area contributed by atoms with Crippen LogP contribution in [-0.4, -0.2) is 25.1 Å². The largest absolute Gasteiger partial charge is 0.398 e. The molecule has 1 aromatic heterocycles. The highest BCUT2D eigenvalue weighted by molar-refractivity contribution is 7.89. The van der Waals surface area contributed by atoms with Gasteiger partial charge in [0.25, 0.3) is 0 Å². The maximum atomic E-state index is 12.2. The summed E-state index contributed by atoms with van der Waals surface area (Å²) in [4.78, 5) is 3.86. The van der Waals surface area contributed by atoms with Gasteiger partial charge in [-0.3, -0.25) is 0 Å². The molecule has 2 rings (SSSR count). The number of benzene rings is 1. The first kappa shape index (κ1) is 14.8. The van der Waals surface area contributed by atoms with E-state index in [2.05, 4.69) is 14.9 Å². The number of nitrogens with one attached hydrogen (secondary N) is 1. The van der Waals surface area contributed by atoms with E-state index in [-0.39, 0.29) is 16.5 Å². The van der Waals surface area contributed by atoms with Gasteiger partial charge in [0.1, 0.15) is 0 Å². The molecule has 0 aliphatic carbocycles. The summed E-state index contributed by atoms with van der Waals surface area (Å²) in [6.45, 7) is 1.76. The molecule has 0 spiro atoms. The number of aromatic nitrogens is 2. The van der Waals surface area contributed by atoms with Crippen LogP contribution in [0.15, 0.2) is 27.9 Å². The lowest BCUT2D eigenvalue weighted by Crippen LogP contribution is -2.27. The first-order valence-corrected chi connectivity index (χ1v) is 7.57. The number of rotatable bonds is 5. The molecular formula is C11H13ClN4O3S. The number of halogens is 1. The highest BCUT2D eigenvalue weighted by atomic mass is 35.5. The molecule has 1 aromatic carbocycles. The van der Waals surface area contributed by atoms with Gasteiger partial charge in [0, 0.05) is 23.7 Å². The van der Waals surface area contributed by atoms with Crippen LogP contribution in [0.2, 0.25) is 5.02 Å². The van der Waals surface area contributed by atoms with E-state index >= 15 is 0 Å². The van der Waals surface area contributed by atoms with Crippen LogP contribution < -0.4 is 10.5 Å². The molecule has 0 saturated carbocycles. The van der Waals surface area contributed by atoms with Gasteiger partial charge in [0.2, 0.25) is 15.9 Å². The molecule has 0 aliphatic rings. The van der Waals surface area contributed by atoms with Crippen LogP contribution in [0.3, 0.4) is 0 Å². The molecule has 3 N–H and O–H groups in total. The van der Waals surface area contributed by atoms with Crippen molar-refractivity contribution in [2.75, 3.05) is 12.3 Å². The summed E-state index contributed by atoms with van der Waals surface area (Å²) < 4.78 is 31.6. The lowest BCUT2D eigenvalue weighted by atomic mass is 10.2. The molecule has 9 heteroatoms. The number of hydrogen-bond donors (Lipinski definition) is 2. The molecule has 1 heterocycles. The van der Waals surface area contributed by atoms with E-state index in [1.807, 2.05) is 0 Å². The zero-order valence-corrected chi connectivity index (χ0v) is 12.2. The summed E-state index contributed by atoms with van der Waals surface area (Å²) in [6, 6.07) is 2.87. The van der Waals surface area contributed by atoms with Crippen molar-refractivity contribution in [1.82, 2.24) is 14.9 Å². The molecule has 20 heavy (non-hydrogen) atoms. The van der Waals surface area contributed by atoms with Gasteiger partial charge in [-0.15, -0.1) is 0 Å². The molecule has 2 aromatic rings. The third-order valence-electron chi connectivity index (χ3n) is 2.69. The van der Waals surface area contributed by atoms with Crippen molar-refractivity contribution >= 4 is 27.3 Å². The summed E-state index contributed by atoms with van der Waals surface area (Å²) >= 11 is 5.84. The fraction of sp³-hybridized carbons (Fsp3) is 0.273. The SMILES string of the molecule is Cc1c(N)cc(Cl)cc1S(=O)(=O)NCCc1ncno1. The maximum absolute atomic E-state index is 12.2. The Morgan fingerprint density at radius 2 is 2.20 bits per heavy atom. The van der Waals surface area contributed by atoms with E-state index in [1.165, 1.54) is 18.5 Å². The van der Waals surface area contributed by atoms with Crippen molar-refractivity contribution in [2.45, 2.75) is 18.2 Å². The highest BCUT2D eigenvalue weighted by Gasteiger charge is 2.19. The molecule has 7 nitrogen and oxygen atoms in total. The van der Waals surface area contributed by atoms with E-state index in [4.69, 9.17) is 21.9 Å². The quantitative estimate of drug-likeness (QED) is 0.800. The molecule has 0 amide bonds. The third-order valence-corrected chi connectivity index (χ3v) is 4.50. The lowest BCUT2D eigenvalue weighted by molar-refractivity contribution is 0.377. The first-order chi connectivity index (χ1) is 9.40. The Bertz CT molecular complexity index is 701. The van der Waals surface area contributed by atoms with Gasteiger partial charge < -0.3 is 10.3 Å². The van der Waals surface area contributed by atoms with Crippen molar-refractivity contribution in [3.8, 4) is 0 Å². The van der Waals surface area contributed by atoms with Crippen LogP contribution in [0.4, 0.5) is 5.69 Å². The molecule has 0 unspecified atom stereocenters. The van der Waals surface area contributed by atoms with Crippen molar-refractivity contribution in [1.29, 1.82) is 0 Å². The van der Waals surface area contributed by atoms with Gasteiger partial charge in [-0.2, -0.15) is 4.98 Å². The monoisotopic (exact) mass is 316 g/mol. The van der Waals surface area contributed by atoms with Gasteiger partial charge in [-0.1, -0.05) is 16.8 Å². The van der Waals surface area contributed by atoms with Crippen LogP contribution in [-0.2, 0) is 16.4 Å². The van der Waals surface area contributed by atoms with Crippen LogP contribution in [0, 0.1) is 6.92 Å². The van der Waals surface area contributed by atoms with E-state index in [0.717, 1.165) is 0 Å². The second-order valence-electron chi connectivity index (χ2n) is 4.10. The molecule has 0 aliphatic heterocycles. The first-order valence-electron chi connectivity index (χ1n) is 5.71. The minimum Gasteiger partial charge on any atom is -0.398 e. The lowest BCUT2D eigenvalue weighted by Gasteiger charge is -2.11. The highest BCUT2D eigenvalue weighted by Crippen LogP contribution is 2.25. The second kappa shape index (κ2) is 5.78. The van der Waals surface area contributed by atoms with Crippen molar-refractivity contribution in [3.05, 3.63) is 34.9 Å². The predicted octanol–water partition coefficient (Wildman–Crippen LogP) is 1.13. The average molecular weight is 317 g/mol. The number of nitrogen functional groups attached to an aromatic ring is 1. The molecule has 0 bridgehead atoms. The molecule has 108 valence electrons. The summed E-state index contributed by atoms with van der Waals surface area (Å²) in [6.07, 6.45) is 1.56. The maximum Gasteiger partial charge on any atom is 0.240 e. The second-order valence-corrected chi connectivity index (χ2v) is 6.27. The number of anilines is 1. The molecular weight excluding hydrogens is 304 g/mol. The number of nitrogens with zero attached hydrogens (tertiary/aromatic N) is 2. The van der Waals surface area contributed by atoms with Crippen LogP contribution >= 0.6 is 11.6 Å². The number of nitrogens with two attached hydrogens (primary N) is 1. The third kappa shape index (κ3) is 3.27. The summed E-state index contributed by atoms with van der Waals surface area (Å²) in [5.41, 5.74) is 6.50. The van der Waals surface area contributed by atoms with Gasteiger partial charge in [-0.25, -0.2) is 13.1 Å². The molecule has 0 radical (unpaired) electrons. The smallest absolute Gasteiger partial charge is 0.240 e. The zero-order valence-electron chi connectivity index (χ0n) is 10.6. The van der Waals surface area contributed by atoms with Crippen molar-refractivity contribution in [2.24, 2.45) is 0 Å². The molecule has 0 atom stereocenters. The summed E-state index contributed by atoms with van der Waals surface area (Å²) in [5, 5.41) is 3.70. The van der Waals surface area contributed by atoms with Crippen LogP contribution in [0.5, 0.6) is 0 Å². The van der Waals surface area contributed by atoms with E-state index in [9.17, 15) is 8.42 Å². The fourth-order valence-corrected chi connectivity index (χ4v) is 3.25. The Morgan fingerprint density at radius 1 is 1.45 bits per heavy atom. The van der Waals surface area contributed by atoms with E-state index in [0.29, 0.717) is 23.6 Å². The fourth-order valence-electron chi connectivity index (χ4n) is 1.63. The van der Waals surface area contributed by atoms with Crippen LogP contribution in [0.25, 0.3) is 0 Å². The van der Waals surface area contributed by atoms with E-state index < -0.39 is 10.0 Å². The topological polar surface area (TPSA) is 111 Å². The van der Waals surface area contributed by atoms with Crippen molar-refractivity contribution < 1.29 is 12.9 Å². The predicted molar refractivity (Wildman–Crippen MR) is 73.8 cm³/mol. The Balaban J connectivity index is 2.14. The summed E-state index contributed by atoms with van der Waals surface area (Å²) in [7, 11) is -3.69. The van der Waals surface area contributed by atoms with Crippen molar-refractivity contribution in [3.63, 3.8) is 0 Å². The van der Waals surface area contributed by atoms with Gasteiger partial charge in [0.15, 0.2) is 6.33 Å². The van der Waals surface area contributed by atoms with Gasteiger partial charge >= 0.3 is 0 Å². The Morgan fingerprint density at radius 3 is 2.85 bits per heavy atom. The van der Waals surface area contributed by atoms with Crippen LogP contribution in [0.1, 0.15) is 11.5 Å². The normalized spacial score (nSPS) is 11.7. The Hall–Kier alpha value is -1.64. The minimum absolute atomic E-state index is 0.0630. The average Bonchev–Trinajstić information content (AvgIpc) is 2.86. The van der Waals surface area contributed by atoms with E-state index in [1.54, 1.807) is 6.92 Å².